The maximum atomic E-state index is 12.8. The molecule has 2 amide bonds. The number of rotatable bonds is 6. The van der Waals surface area contributed by atoms with E-state index in [1.54, 1.807) is 30.1 Å². The summed E-state index contributed by atoms with van der Waals surface area (Å²) in [7, 11) is -1.74. The van der Waals surface area contributed by atoms with E-state index in [0.29, 0.717) is 44.6 Å². The number of likely N-dealkylation sites (tertiary alicyclic amines) is 1. The Kier molecular flexibility index (Phi) is 6.15. The van der Waals surface area contributed by atoms with E-state index in [-0.39, 0.29) is 22.6 Å². The molecule has 4 rings (SSSR count). The SMILES string of the molecule is Cn1ccc(S(=O)(=O)N2CCC(C(=O)Nc3cccc(CN4CCCC4=O)c3)CC2)c1. The third kappa shape index (κ3) is 4.83. The van der Waals surface area contributed by atoms with Crippen molar-refractivity contribution in [2.24, 2.45) is 13.0 Å². The molecular formula is C22H28N4O4S. The lowest BCUT2D eigenvalue weighted by molar-refractivity contribution is -0.128. The fraction of sp³-hybridized carbons (Fsp3) is 0.455. The van der Waals surface area contributed by atoms with Crippen LogP contribution in [0.1, 0.15) is 31.2 Å². The normalized spacial score (nSPS) is 18.5. The minimum absolute atomic E-state index is 0.0915. The molecule has 1 aromatic heterocycles. The fourth-order valence-electron chi connectivity index (χ4n) is 4.22. The van der Waals surface area contributed by atoms with Gasteiger partial charge in [-0.1, -0.05) is 12.1 Å². The molecule has 0 unspecified atom stereocenters. The summed E-state index contributed by atoms with van der Waals surface area (Å²) in [4.78, 5) is 26.7. The lowest BCUT2D eigenvalue weighted by Crippen LogP contribution is -2.41. The van der Waals surface area contributed by atoms with Crippen LogP contribution in [-0.4, -0.2) is 53.6 Å². The van der Waals surface area contributed by atoms with Crippen molar-refractivity contribution in [1.29, 1.82) is 0 Å². The van der Waals surface area contributed by atoms with E-state index in [1.165, 1.54) is 4.31 Å². The van der Waals surface area contributed by atoms with Crippen molar-refractivity contribution in [2.45, 2.75) is 37.1 Å². The molecule has 3 heterocycles. The molecule has 0 radical (unpaired) electrons. The van der Waals surface area contributed by atoms with E-state index < -0.39 is 10.0 Å². The van der Waals surface area contributed by atoms with E-state index in [9.17, 15) is 18.0 Å². The first-order valence-electron chi connectivity index (χ1n) is 10.6. The molecule has 2 aromatic rings. The molecule has 0 spiro atoms. The second-order valence-corrected chi connectivity index (χ2v) is 10.2. The Morgan fingerprint density at radius 1 is 1.16 bits per heavy atom. The predicted molar refractivity (Wildman–Crippen MR) is 117 cm³/mol. The molecule has 166 valence electrons. The van der Waals surface area contributed by atoms with Gasteiger partial charge >= 0.3 is 0 Å². The van der Waals surface area contributed by atoms with Gasteiger partial charge in [0.25, 0.3) is 0 Å². The van der Waals surface area contributed by atoms with Crippen LogP contribution in [0.25, 0.3) is 0 Å². The van der Waals surface area contributed by atoms with Crippen LogP contribution in [0.3, 0.4) is 0 Å². The van der Waals surface area contributed by atoms with Crippen molar-refractivity contribution in [3.05, 3.63) is 48.3 Å². The second-order valence-electron chi connectivity index (χ2n) is 8.30. The zero-order chi connectivity index (χ0) is 22.0. The minimum Gasteiger partial charge on any atom is -0.356 e. The molecule has 31 heavy (non-hydrogen) atoms. The first kappa shape index (κ1) is 21.6. The smallest absolute Gasteiger partial charge is 0.244 e. The van der Waals surface area contributed by atoms with E-state index in [1.807, 2.05) is 29.2 Å². The molecule has 0 saturated carbocycles. The van der Waals surface area contributed by atoms with Crippen LogP contribution in [0, 0.1) is 5.92 Å². The number of piperidine rings is 1. The van der Waals surface area contributed by atoms with Gasteiger partial charge in [0.1, 0.15) is 0 Å². The number of anilines is 1. The first-order valence-corrected chi connectivity index (χ1v) is 12.1. The molecule has 8 nitrogen and oxygen atoms in total. The highest BCUT2D eigenvalue weighted by Gasteiger charge is 2.32. The molecular weight excluding hydrogens is 416 g/mol. The molecule has 2 aliphatic heterocycles. The number of amides is 2. The average Bonchev–Trinajstić information content (AvgIpc) is 3.37. The van der Waals surface area contributed by atoms with Crippen LogP contribution in [0.4, 0.5) is 5.69 Å². The summed E-state index contributed by atoms with van der Waals surface area (Å²) in [5.41, 5.74) is 1.69. The number of aryl methyl sites for hydroxylation is 1. The minimum atomic E-state index is -3.52. The lowest BCUT2D eigenvalue weighted by atomic mass is 9.97. The standard InChI is InChI=1S/C22H28N4O4S/c1-24-11-9-20(16-24)31(29,30)26-12-7-18(8-13-26)22(28)23-19-5-2-4-17(14-19)15-25-10-3-6-21(25)27/h2,4-5,9,11,14,16,18H,3,6-8,10,12-13,15H2,1H3,(H,23,28). The molecule has 2 saturated heterocycles. The van der Waals surface area contributed by atoms with Crippen molar-refractivity contribution < 1.29 is 18.0 Å². The highest BCUT2D eigenvalue weighted by Crippen LogP contribution is 2.25. The van der Waals surface area contributed by atoms with Gasteiger partial charge in [0.15, 0.2) is 0 Å². The van der Waals surface area contributed by atoms with Crippen molar-refractivity contribution in [3.63, 3.8) is 0 Å². The fourth-order valence-corrected chi connectivity index (χ4v) is 5.74. The highest BCUT2D eigenvalue weighted by atomic mass is 32.2. The Morgan fingerprint density at radius 2 is 1.94 bits per heavy atom. The van der Waals surface area contributed by atoms with Gasteiger partial charge in [0, 0.05) is 63.6 Å². The molecule has 2 aliphatic rings. The molecule has 2 fully saturated rings. The van der Waals surface area contributed by atoms with Crippen LogP contribution >= 0.6 is 0 Å². The number of sulfonamides is 1. The molecule has 0 aliphatic carbocycles. The maximum absolute atomic E-state index is 12.8. The quantitative estimate of drug-likeness (QED) is 0.739. The summed E-state index contributed by atoms with van der Waals surface area (Å²) in [5, 5.41) is 2.96. The van der Waals surface area contributed by atoms with E-state index in [2.05, 4.69) is 5.32 Å². The summed E-state index contributed by atoms with van der Waals surface area (Å²) in [6.45, 7) is 1.98. The second kappa shape index (κ2) is 8.84. The van der Waals surface area contributed by atoms with Gasteiger partial charge in [0.05, 0.1) is 4.90 Å². The number of carbonyl (C=O) groups excluding carboxylic acids is 2. The summed E-state index contributed by atoms with van der Waals surface area (Å²) in [5.74, 6) is -0.149. The van der Waals surface area contributed by atoms with Gasteiger partial charge in [-0.05, 0) is 43.0 Å². The monoisotopic (exact) mass is 444 g/mol. The third-order valence-corrected chi connectivity index (χ3v) is 7.89. The third-order valence-electron chi connectivity index (χ3n) is 6.01. The average molecular weight is 445 g/mol. The zero-order valence-electron chi connectivity index (χ0n) is 17.7. The van der Waals surface area contributed by atoms with Crippen LogP contribution in [0.15, 0.2) is 47.6 Å². The number of aromatic nitrogens is 1. The highest BCUT2D eigenvalue weighted by molar-refractivity contribution is 7.89. The van der Waals surface area contributed by atoms with E-state index in [4.69, 9.17) is 0 Å². The summed E-state index contributed by atoms with van der Waals surface area (Å²) < 4.78 is 28.7. The van der Waals surface area contributed by atoms with Crippen LogP contribution in [0.5, 0.6) is 0 Å². The summed E-state index contributed by atoms with van der Waals surface area (Å²) in [6, 6.07) is 9.16. The number of hydrogen-bond donors (Lipinski definition) is 1. The molecule has 1 aromatic carbocycles. The number of nitrogens with one attached hydrogen (secondary N) is 1. The van der Waals surface area contributed by atoms with Crippen LogP contribution in [0.2, 0.25) is 0 Å². The molecule has 0 atom stereocenters. The van der Waals surface area contributed by atoms with E-state index >= 15 is 0 Å². The Balaban J connectivity index is 1.33. The zero-order valence-corrected chi connectivity index (χ0v) is 18.5. The summed E-state index contributed by atoms with van der Waals surface area (Å²) >= 11 is 0. The van der Waals surface area contributed by atoms with E-state index in [0.717, 1.165) is 18.5 Å². The Labute approximate surface area is 182 Å². The van der Waals surface area contributed by atoms with Crippen molar-refractivity contribution in [2.75, 3.05) is 25.0 Å². The first-order chi connectivity index (χ1) is 14.8. The number of benzene rings is 1. The largest absolute Gasteiger partial charge is 0.356 e. The maximum Gasteiger partial charge on any atom is 0.244 e. The van der Waals surface area contributed by atoms with Crippen molar-refractivity contribution in [1.82, 2.24) is 13.8 Å². The van der Waals surface area contributed by atoms with Crippen molar-refractivity contribution in [3.8, 4) is 0 Å². The Morgan fingerprint density at radius 3 is 2.58 bits per heavy atom. The number of nitrogens with zero attached hydrogens (tertiary/aromatic N) is 3. The van der Waals surface area contributed by atoms with Crippen LogP contribution in [-0.2, 0) is 33.2 Å². The van der Waals surface area contributed by atoms with Gasteiger partial charge in [-0.2, -0.15) is 4.31 Å². The van der Waals surface area contributed by atoms with Gasteiger partial charge in [-0.3, -0.25) is 9.59 Å². The summed E-state index contributed by atoms with van der Waals surface area (Å²) in [6.07, 6.45) is 5.78. The van der Waals surface area contributed by atoms with Gasteiger partial charge < -0.3 is 14.8 Å². The molecule has 0 bridgehead atoms. The predicted octanol–water partition coefficient (Wildman–Crippen LogP) is 2.19. The van der Waals surface area contributed by atoms with Gasteiger partial charge in [-0.25, -0.2) is 8.42 Å². The lowest BCUT2D eigenvalue weighted by Gasteiger charge is -2.30. The topological polar surface area (TPSA) is 91.7 Å². The molecule has 9 heteroatoms. The van der Waals surface area contributed by atoms with Gasteiger partial charge in [0.2, 0.25) is 21.8 Å². The number of hydrogen-bond acceptors (Lipinski definition) is 4. The number of carbonyl (C=O) groups is 2. The molecule has 1 N–H and O–H groups in total. The van der Waals surface area contributed by atoms with Crippen LogP contribution < -0.4 is 5.32 Å². The Bertz CT molecular complexity index is 1070. The van der Waals surface area contributed by atoms with Gasteiger partial charge in [-0.15, -0.1) is 0 Å². The Hall–Kier alpha value is -2.65. The van der Waals surface area contributed by atoms with Crippen molar-refractivity contribution >= 4 is 27.5 Å².